The van der Waals surface area contributed by atoms with Crippen molar-refractivity contribution in [3.05, 3.63) is 41.5 Å². The average Bonchev–Trinajstić information content (AvgIpc) is 3.54. The number of nitrogens with one attached hydrogen (secondary N) is 1. The predicted molar refractivity (Wildman–Crippen MR) is 140 cm³/mol. The summed E-state index contributed by atoms with van der Waals surface area (Å²) in [7, 11) is 3.88. The summed E-state index contributed by atoms with van der Waals surface area (Å²) in [4.78, 5) is 1.98. The van der Waals surface area contributed by atoms with Crippen LogP contribution < -0.4 is 5.73 Å². The summed E-state index contributed by atoms with van der Waals surface area (Å²) in [6.45, 7) is 2.34. The topological polar surface area (TPSA) is 131 Å². The molecular weight excluding hydrogens is 466 g/mol. The summed E-state index contributed by atoms with van der Waals surface area (Å²) in [5.41, 5.74) is 7.89. The number of nitrogen functional groups attached to an aromatic ring is 1. The summed E-state index contributed by atoms with van der Waals surface area (Å²) in [6.07, 6.45) is 6.98. The molecule has 2 unspecified atom stereocenters. The maximum atomic E-state index is 11.3. The molecule has 8 atom stereocenters. The Labute approximate surface area is 216 Å². The molecular formula is C29H35N5O3. The highest BCUT2D eigenvalue weighted by Crippen LogP contribution is 2.72. The monoisotopic (exact) mass is 501 g/mol. The number of hydrogen-bond acceptors (Lipinski definition) is 7. The Balaban J connectivity index is 1.32. The van der Waals surface area contributed by atoms with Gasteiger partial charge in [0.15, 0.2) is 5.82 Å². The number of anilines is 1. The lowest BCUT2D eigenvalue weighted by Crippen LogP contribution is -2.66. The summed E-state index contributed by atoms with van der Waals surface area (Å²) >= 11 is 0. The van der Waals surface area contributed by atoms with Crippen LogP contribution in [0.5, 0.6) is 0 Å². The Morgan fingerprint density at radius 2 is 2.03 bits per heavy atom. The molecule has 8 nitrogen and oxygen atoms in total. The molecule has 1 aromatic carbocycles. The number of ether oxygens (including phenoxy) is 1. The minimum Gasteiger partial charge on any atom is -0.388 e. The first-order valence-electron chi connectivity index (χ1n) is 13.4. The number of aromatic nitrogens is 2. The van der Waals surface area contributed by atoms with E-state index in [0.717, 1.165) is 47.7 Å². The van der Waals surface area contributed by atoms with E-state index in [0.29, 0.717) is 18.7 Å². The number of H-pyrrole nitrogens is 1. The molecule has 2 aromatic rings. The smallest absolute Gasteiger partial charge is 0.153 e. The lowest BCUT2D eigenvalue weighted by atomic mass is 9.49. The van der Waals surface area contributed by atoms with Crippen molar-refractivity contribution in [3.63, 3.8) is 0 Å². The van der Waals surface area contributed by atoms with E-state index in [9.17, 15) is 15.5 Å². The van der Waals surface area contributed by atoms with Crippen molar-refractivity contribution in [2.45, 2.75) is 74.9 Å². The summed E-state index contributed by atoms with van der Waals surface area (Å²) in [5.74, 6) is 0.650. The van der Waals surface area contributed by atoms with E-state index in [1.165, 1.54) is 5.57 Å². The van der Waals surface area contributed by atoms with Crippen LogP contribution in [-0.2, 0) is 4.74 Å². The van der Waals surface area contributed by atoms with Crippen molar-refractivity contribution < 1.29 is 14.9 Å². The minimum atomic E-state index is -1.03. The number of fused-ring (bicyclic) bond motifs is 2. The van der Waals surface area contributed by atoms with E-state index >= 15 is 0 Å². The van der Waals surface area contributed by atoms with Gasteiger partial charge in [0.2, 0.25) is 0 Å². The second-order valence-corrected chi connectivity index (χ2v) is 12.5. The fourth-order valence-electron chi connectivity index (χ4n) is 8.90. The van der Waals surface area contributed by atoms with Gasteiger partial charge in [-0.1, -0.05) is 25.1 Å². The van der Waals surface area contributed by atoms with E-state index in [1.54, 1.807) is 0 Å². The van der Waals surface area contributed by atoms with Gasteiger partial charge in [-0.2, -0.15) is 10.4 Å². The highest BCUT2D eigenvalue weighted by Gasteiger charge is 2.74. The van der Waals surface area contributed by atoms with Crippen LogP contribution in [0.25, 0.3) is 16.5 Å². The van der Waals surface area contributed by atoms with Gasteiger partial charge in [-0.05, 0) is 86.9 Å². The zero-order valence-corrected chi connectivity index (χ0v) is 21.7. The first kappa shape index (κ1) is 23.4. The second kappa shape index (κ2) is 7.23. The summed E-state index contributed by atoms with van der Waals surface area (Å²) in [5, 5.41) is 41.1. The van der Waals surface area contributed by atoms with Crippen LogP contribution in [0.1, 0.15) is 51.0 Å². The Kier molecular flexibility index (Phi) is 4.58. The third-order valence-electron chi connectivity index (χ3n) is 10.8. The van der Waals surface area contributed by atoms with Crippen molar-refractivity contribution in [2.24, 2.45) is 16.7 Å². The third-order valence-corrected chi connectivity index (χ3v) is 10.8. The molecule has 2 saturated carbocycles. The lowest BCUT2D eigenvalue weighted by molar-refractivity contribution is -0.223. The molecule has 3 fully saturated rings. The molecule has 37 heavy (non-hydrogen) atoms. The van der Waals surface area contributed by atoms with Gasteiger partial charge >= 0.3 is 0 Å². The van der Waals surface area contributed by atoms with Crippen molar-refractivity contribution in [2.75, 3.05) is 19.8 Å². The first-order chi connectivity index (χ1) is 17.6. The first-order valence-corrected chi connectivity index (χ1v) is 13.4. The fraction of sp³-hybridized carbons (Fsp3) is 0.586. The Morgan fingerprint density at radius 1 is 1.22 bits per heavy atom. The number of nitriles is 1. The molecule has 2 bridgehead atoms. The largest absolute Gasteiger partial charge is 0.388 e. The van der Waals surface area contributed by atoms with E-state index in [-0.39, 0.29) is 17.4 Å². The molecule has 7 rings (SSSR count). The van der Waals surface area contributed by atoms with Gasteiger partial charge in [-0.3, -0.25) is 5.10 Å². The summed E-state index contributed by atoms with van der Waals surface area (Å²) in [6, 6.07) is 8.79. The Morgan fingerprint density at radius 3 is 2.78 bits per heavy atom. The van der Waals surface area contributed by atoms with Crippen LogP contribution >= 0.6 is 0 Å². The van der Waals surface area contributed by atoms with Crippen LogP contribution in [-0.4, -0.2) is 68.9 Å². The Hall–Kier alpha value is -2.70. The molecule has 5 aliphatic rings. The lowest BCUT2D eigenvalue weighted by Gasteiger charge is -2.61. The molecule has 2 aliphatic heterocycles. The van der Waals surface area contributed by atoms with E-state index < -0.39 is 28.8 Å². The molecule has 1 aromatic heterocycles. The number of aliphatic hydroxyl groups is 2. The number of aromatic amines is 1. The molecule has 0 amide bonds. The number of nitrogens with two attached hydrogens (primary N) is 1. The number of hydrogen-bond donors (Lipinski definition) is 4. The van der Waals surface area contributed by atoms with Crippen molar-refractivity contribution in [1.82, 2.24) is 15.1 Å². The average molecular weight is 502 g/mol. The molecule has 194 valence electrons. The Bertz CT molecular complexity index is 1420. The zero-order chi connectivity index (χ0) is 26.0. The molecule has 5 N–H and O–H groups in total. The predicted octanol–water partition coefficient (Wildman–Crippen LogP) is 3.14. The van der Waals surface area contributed by atoms with Crippen molar-refractivity contribution in [1.29, 1.82) is 5.26 Å². The van der Waals surface area contributed by atoms with Gasteiger partial charge in [-0.25, -0.2) is 0 Å². The molecule has 0 radical (unpaired) electrons. The highest BCUT2D eigenvalue weighted by atomic mass is 16.5. The minimum absolute atomic E-state index is 0.143. The molecule has 3 aliphatic carbocycles. The maximum Gasteiger partial charge on any atom is 0.153 e. The van der Waals surface area contributed by atoms with Crippen LogP contribution in [0.3, 0.4) is 0 Å². The number of aliphatic hydroxyl groups excluding tert-OH is 2. The SMILES string of the molecule is CN(C)[C@H]1C[C@@]23CC[C@]4(O2)C2CC=C(c5ccc6c(N)n[nH]c6c5)[C@@]2(C)CCC4(C#N)C=C3[C@@H](O)[C@@H]1O. The number of nitrogens with zero attached hydrogens (tertiary/aromatic N) is 3. The number of allylic oxidation sites excluding steroid dienone is 2. The standard InChI is InChI=1S/C29H35N5O3/c1-26-8-9-27(15-30)13-19-23(35)24(36)21(34(2)3)14-28(19)10-11-29(27,37-28)22(26)7-6-18(26)16-4-5-17-20(12-16)32-33-25(17)31/h4-6,12-13,21-24,35-36H,7-11,14H2,1-3H3,(H3,31,32,33)/t21-,22?,23+,24+,26+,27?,28+,29-/m0/s1. The third kappa shape index (κ3) is 2.68. The van der Waals surface area contributed by atoms with Gasteiger partial charge < -0.3 is 25.6 Å². The van der Waals surface area contributed by atoms with E-state index in [4.69, 9.17) is 10.5 Å². The molecule has 8 heteroatoms. The number of benzene rings is 1. The zero-order valence-electron chi connectivity index (χ0n) is 21.7. The van der Waals surface area contributed by atoms with Crippen LogP contribution in [0.4, 0.5) is 5.82 Å². The second-order valence-electron chi connectivity index (χ2n) is 12.5. The normalized spacial score (nSPS) is 44.1. The maximum absolute atomic E-state index is 11.3. The van der Waals surface area contributed by atoms with E-state index in [2.05, 4.69) is 41.4 Å². The quantitative estimate of drug-likeness (QED) is 0.465. The molecule has 3 heterocycles. The van der Waals surface area contributed by atoms with E-state index in [1.807, 2.05) is 31.1 Å². The van der Waals surface area contributed by atoms with Gasteiger partial charge in [-0.15, -0.1) is 0 Å². The number of likely N-dealkylation sites (N-methyl/N-ethyl adjacent to an activating group) is 1. The van der Waals surface area contributed by atoms with Gasteiger partial charge in [0, 0.05) is 17.3 Å². The van der Waals surface area contributed by atoms with Gasteiger partial charge in [0.1, 0.15) is 11.5 Å². The van der Waals surface area contributed by atoms with Crippen molar-refractivity contribution >= 4 is 22.3 Å². The molecule has 1 saturated heterocycles. The van der Waals surface area contributed by atoms with Gasteiger partial charge in [0.25, 0.3) is 0 Å². The number of rotatable bonds is 2. The van der Waals surface area contributed by atoms with Crippen LogP contribution in [0.15, 0.2) is 35.9 Å². The van der Waals surface area contributed by atoms with Crippen LogP contribution in [0.2, 0.25) is 0 Å². The summed E-state index contributed by atoms with van der Waals surface area (Å²) < 4.78 is 7.26. The molecule has 2 spiro atoms. The van der Waals surface area contributed by atoms with Crippen LogP contribution in [0, 0.1) is 28.1 Å². The van der Waals surface area contributed by atoms with Crippen molar-refractivity contribution in [3.8, 4) is 6.07 Å². The fourth-order valence-corrected chi connectivity index (χ4v) is 8.90. The van der Waals surface area contributed by atoms with Gasteiger partial charge in [0.05, 0.1) is 28.9 Å². The highest BCUT2D eigenvalue weighted by molar-refractivity contribution is 5.91.